The molecular formula is C22H17FN2OS. The van der Waals surface area contributed by atoms with Crippen molar-refractivity contribution < 1.29 is 9.18 Å². The molecule has 0 aliphatic carbocycles. The van der Waals surface area contributed by atoms with Gasteiger partial charge in [-0.05, 0) is 55.0 Å². The first-order valence-corrected chi connectivity index (χ1v) is 9.39. The van der Waals surface area contributed by atoms with Crippen molar-refractivity contribution in [2.45, 2.75) is 6.92 Å². The van der Waals surface area contributed by atoms with Crippen LogP contribution in [0.25, 0.3) is 10.1 Å². The SMILES string of the molecule is Cc1ccc(NC(=O)c2csc3ccccc23)cc1Nc1ccc(F)cc1. The molecule has 3 aromatic carbocycles. The van der Waals surface area contributed by atoms with Crippen molar-refractivity contribution in [3.05, 3.63) is 89.1 Å². The Morgan fingerprint density at radius 3 is 2.52 bits per heavy atom. The van der Waals surface area contributed by atoms with Crippen LogP contribution in [-0.4, -0.2) is 5.91 Å². The van der Waals surface area contributed by atoms with E-state index in [4.69, 9.17) is 0 Å². The standard InChI is InChI=1S/C22H17FN2OS/c1-14-6-9-17(12-20(14)24-16-10-7-15(23)8-11-16)25-22(26)19-13-27-21-5-3-2-4-18(19)21/h2-13,24H,1H3,(H,25,26). The summed E-state index contributed by atoms with van der Waals surface area (Å²) in [5, 5.41) is 9.06. The van der Waals surface area contributed by atoms with E-state index in [1.54, 1.807) is 23.5 Å². The molecular weight excluding hydrogens is 359 g/mol. The van der Waals surface area contributed by atoms with E-state index in [2.05, 4.69) is 10.6 Å². The molecule has 2 N–H and O–H groups in total. The highest BCUT2D eigenvalue weighted by atomic mass is 32.1. The van der Waals surface area contributed by atoms with E-state index in [0.717, 1.165) is 27.0 Å². The van der Waals surface area contributed by atoms with E-state index in [0.29, 0.717) is 11.3 Å². The predicted octanol–water partition coefficient (Wildman–Crippen LogP) is 6.34. The van der Waals surface area contributed by atoms with E-state index >= 15 is 0 Å². The van der Waals surface area contributed by atoms with Gasteiger partial charge in [0.15, 0.2) is 0 Å². The quantitative estimate of drug-likeness (QED) is 0.436. The van der Waals surface area contributed by atoms with E-state index in [1.165, 1.54) is 12.1 Å². The topological polar surface area (TPSA) is 41.1 Å². The van der Waals surface area contributed by atoms with Crippen molar-refractivity contribution in [2.75, 3.05) is 10.6 Å². The number of anilines is 3. The first-order chi connectivity index (χ1) is 13.1. The maximum atomic E-state index is 13.1. The second-order valence-electron chi connectivity index (χ2n) is 6.26. The molecule has 5 heteroatoms. The molecule has 0 unspecified atom stereocenters. The lowest BCUT2D eigenvalue weighted by Gasteiger charge is -2.12. The molecule has 0 spiro atoms. The minimum Gasteiger partial charge on any atom is -0.355 e. The third kappa shape index (κ3) is 3.68. The van der Waals surface area contributed by atoms with Crippen molar-refractivity contribution in [3.8, 4) is 0 Å². The Morgan fingerprint density at radius 2 is 1.70 bits per heavy atom. The number of nitrogens with one attached hydrogen (secondary N) is 2. The first kappa shape index (κ1) is 17.2. The molecule has 4 rings (SSSR count). The molecule has 0 bridgehead atoms. The first-order valence-electron chi connectivity index (χ1n) is 8.51. The average molecular weight is 376 g/mol. The zero-order valence-corrected chi connectivity index (χ0v) is 15.4. The Kier molecular flexibility index (Phi) is 4.60. The molecule has 0 saturated heterocycles. The van der Waals surface area contributed by atoms with Crippen LogP contribution in [0.2, 0.25) is 0 Å². The average Bonchev–Trinajstić information content (AvgIpc) is 3.10. The number of hydrogen-bond acceptors (Lipinski definition) is 3. The summed E-state index contributed by atoms with van der Waals surface area (Å²) in [6, 6.07) is 19.7. The van der Waals surface area contributed by atoms with Gasteiger partial charge in [-0.15, -0.1) is 11.3 Å². The summed E-state index contributed by atoms with van der Waals surface area (Å²) in [6.45, 7) is 1.98. The lowest BCUT2D eigenvalue weighted by molar-refractivity contribution is 0.102. The number of aryl methyl sites for hydroxylation is 1. The van der Waals surface area contributed by atoms with Gasteiger partial charge in [-0.3, -0.25) is 4.79 Å². The Hall–Kier alpha value is -3.18. The highest BCUT2D eigenvalue weighted by Crippen LogP contribution is 2.28. The highest BCUT2D eigenvalue weighted by Gasteiger charge is 2.12. The van der Waals surface area contributed by atoms with Crippen molar-refractivity contribution in [1.82, 2.24) is 0 Å². The highest BCUT2D eigenvalue weighted by molar-refractivity contribution is 7.17. The fourth-order valence-corrected chi connectivity index (χ4v) is 3.82. The Balaban J connectivity index is 1.57. The number of halogens is 1. The maximum Gasteiger partial charge on any atom is 0.257 e. The third-order valence-electron chi connectivity index (χ3n) is 4.34. The van der Waals surface area contributed by atoms with Crippen LogP contribution in [0.5, 0.6) is 0 Å². The van der Waals surface area contributed by atoms with Crippen LogP contribution >= 0.6 is 11.3 Å². The number of carbonyl (C=O) groups excluding carboxylic acids is 1. The summed E-state index contributed by atoms with van der Waals surface area (Å²) in [5.74, 6) is -0.412. The van der Waals surface area contributed by atoms with Crippen LogP contribution in [0, 0.1) is 12.7 Å². The van der Waals surface area contributed by atoms with Gasteiger partial charge < -0.3 is 10.6 Å². The summed E-state index contributed by atoms with van der Waals surface area (Å²) < 4.78 is 14.2. The number of fused-ring (bicyclic) bond motifs is 1. The van der Waals surface area contributed by atoms with Crippen LogP contribution in [0.1, 0.15) is 15.9 Å². The number of amides is 1. The fraction of sp³-hybridized carbons (Fsp3) is 0.0455. The summed E-state index contributed by atoms with van der Waals surface area (Å²) in [4.78, 5) is 12.7. The molecule has 134 valence electrons. The predicted molar refractivity (Wildman–Crippen MR) is 111 cm³/mol. The minimum absolute atomic E-state index is 0.135. The van der Waals surface area contributed by atoms with Crippen molar-refractivity contribution in [2.24, 2.45) is 0 Å². The normalized spacial score (nSPS) is 10.7. The smallest absolute Gasteiger partial charge is 0.257 e. The van der Waals surface area contributed by atoms with Gasteiger partial charge in [0.1, 0.15) is 5.82 Å². The van der Waals surface area contributed by atoms with Gasteiger partial charge in [-0.25, -0.2) is 4.39 Å². The fourth-order valence-electron chi connectivity index (χ4n) is 2.88. The molecule has 0 radical (unpaired) electrons. The van der Waals surface area contributed by atoms with E-state index in [1.807, 2.05) is 54.8 Å². The molecule has 0 aliphatic heterocycles. The molecule has 1 heterocycles. The number of carbonyl (C=O) groups is 1. The lowest BCUT2D eigenvalue weighted by Crippen LogP contribution is -2.11. The zero-order valence-electron chi connectivity index (χ0n) is 14.6. The van der Waals surface area contributed by atoms with Gasteiger partial charge >= 0.3 is 0 Å². The Labute approximate surface area is 160 Å². The zero-order chi connectivity index (χ0) is 18.8. The van der Waals surface area contributed by atoms with E-state index in [-0.39, 0.29) is 11.7 Å². The van der Waals surface area contributed by atoms with Crippen LogP contribution in [0.4, 0.5) is 21.5 Å². The van der Waals surface area contributed by atoms with Crippen LogP contribution in [0.15, 0.2) is 72.1 Å². The Morgan fingerprint density at radius 1 is 0.963 bits per heavy atom. The molecule has 3 nitrogen and oxygen atoms in total. The summed E-state index contributed by atoms with van der Waals surface area (Å²) >= 11 is 1.56. The molecule has 4 aromatic rings. The number of thiophene rings is 1. The minimum atomic E-state index is -0.277. The van der Waals surface area contributed by atoms with Crippen LogP contribution in [-0.2, 0) is 0 Å². The van der Waals surface area contributed by atoms with Crippen molar-refractivity contribution >= 4 is 44.4 Å². The Bertz CT molecular complexity index is 1120. The van der Waals surface area contributed by atoms with Gasteiger partial charge in [0.25, 0.3) is 5.91 Å². The summed E-state index contributed by atoms with van der Waals surface area (Å²) in [6.07, 6.45) is 0. The van der Waals surface area contributed by atoms with E-state index < -0.39 is 0 Å². The van der Waals surface area contributed by atoms with Gasteiger partial charge in [0, 0.05) is 32.5 Å². The van der Waals surface area contributed by atoms with Crippen LogP contribution < -0.4 is 10.6 Å². The molecule has 27 heavy (non-hydrogen) atoms. The second-order valence-corrected chi connectivity index (χ2v) is 7.17. The monoisotopic (exact) mass is 376 g/mol. The van der Waals surface area contributed by atoms with Gasteiger partial charge in [-0.1, -0.05) is 24.3 Å². The molecule has 0 atom stereocenters. The van der Waals surface area contributed by atoms with Crippen molar-refractivity contribution in [3.63, 3.8) is 0 Å². The maximum absolute atomic E-state index is 13.1. The second kappa shape index (κ2) is 7.21. The van der Waals surface area contributed by atoms with Gasteiger partial charge in [-0.2, -0.15) is 0 Å². The molecule has 1 amide bonds. The number of benzene rings is 3. The van der Waals surface area contributed by atoms with Crippen LogP contribution in [0.3, 0.4) is 0 Å². The van der Waals surface area contributed by atoms with Gasteiger partial charge in [0.2, 0.25) is 0 Å². The van der Waals surface area contributed by atoms with Crippen molar-refractivity contribution in [1.29, 1.82) is 0 Å². The van der Waals surface area contributed by atoms with Gasteiger partial charge in [0.05, 0.1) is 5.56 Å². The molecule has 0 fully saturated rings. The number of hydrogen-bond donors (Lipinski definition) is 2. The molecule has 0 aliphatic rings. The molecule has 0 saturated carbocycles. The lowest BCUT2D eigenvalue weighted by atomic mass is 10.1. The molecule has 1 aromatic heterocycles. The summed E-state index contributed by atoms with van der Waals surface area (Å²) in [7, 11) is 0. The number of rotatable bonds is 4. The summed E-state index contributed by atoms with van der Waals surface area (Å²) in [5.41, 5.74) is 4.04. The third-order valence-corrected chi connectivity index (χ3v) is 5.31. The largest absolute Gasteiger partial charge is 0.355 e. The van der Waals surface area contributed by atoms with E-state index in [9.17, 15) is 9.18 Å².